The highest BCUT2D eigenvalue weighted by molar-refractivity contribution is 5.56. The second-order valence-corrected chi connectivity index (χ2v) is 11.4. The number of hydrogen-bond donors (Lipinski definition) is 0. The standard InChI is InChI=1S/C30H42N2O/c1-2-3-4-5-6-8-17-29-21-30(22-29,23-29)26-19-31-28(32-20-26)25-13-15-27(16-14-25)33-18-9-7-10-24-11-12-24/h13-16,19-20,24H,2-12,17-18,21-23H2,1H3. The van der Waals surface area contributed by atoms with Crippen molar-refractivity contribution in [3.05, 3.63) is 42.2 Å². The van der Waals surface area contributed by atoms with Crippen LogP contribution in [-0.2, 0) is 5.41 Å². The number of unbranched alkanes of at least 4 members (excludes halogenated alkanes) is 6. The summed E-state index contributed by atoms with van der Waals surface area (Å²) in [6.45, 7) is 3.11. The molecule has 0 amide bonds. The normalized spacial score (nSPS) is 25.4. The van der Waals surface area contributed by atoms with Crippen molar-refractivity contribution in [1.29, 1.82) is 0 Å². The molecule has 0 unspecified atom stereocenters. The summed E-state index contributed by atoms with van der Waals surface area (Å²) in [6.07, 6.45) is 24.9. The molecule has 1 heterocycles. The Hall–Kier alpha value is -1.90. The Bertz CT molecular complexity index is 865. The molecule has 0 radical (unpaired) electrons. The first-order valence-electron chi connectivity index (χ1n) is 13.8. The summed E-state index contributed by atoms with van der Waals surface area (Å²) >= 11 is 0. The molecule has 0 spiro atoms. The van der Waals surface area contributed by atoms with Crippen molar-refractivity contribution >= 4 is 0 Å². The lowest BCUT2D eigenvalue weighted by Crippen LogP contribution is -2.64. The van der Waals surface area contributed by atoms with Crippen LogP contribution >= 0.6 is 0 Å². The van der Waals surface area contributed by atoms with Gasteiger partial charge in [0.25, 0.3) is 0 Å². The summed E-state index contributed by atoms with van der Waals surface area (Å²) in [5.41, 5.74) is 3.50. The van der Waals surface area contributed by atoms with Crippen molar-refractivity contribution in [1.82, 2.24) is 9.97 Å². The molecule has 2 aromatic rings. The average molecular weight is 447 g/mol. The van der Waals surface area contributed by atoms with Gasteiger partial charge in [-0.05, 0) is 85.1 Å². The van der Waals surface area contributed by atoms with E-state index in [0.717, 1.165) is 36.1 Å². The Labute approximate surface area is 200 Å². The quantitative estimate of drug-likeness (QED) is 0.258. The van der Waals surface area contributed by atoms with Crippen molar-refractivity contribution in [2.75, 3.05) is 6.61 Å². The first-order valence-corrected chi connectivity index (χ1v) is 13.8. The third kappa shape index (κ3) is 5.44. The van der Waals surface area contributed by atoms with Gasteiger partial charge in [-0.15, -0.1) is 0 Å². The SMILES string of the molecule is CCCCCCCCC12CC(c3cnc(-c4ccc(OCCCCC5CC5)cc4)nc3)(C1)C2. The number of nitrogens with zero attached hydrogens (tertiary/aromatic N) is 2. The molecule has 3 nitrogen and oxygen atoms in total. The monoisotopic (exact) mass is 446 g/mol. The van der Waals surface area contributed by atoms with Gasteiger partial charge in [-0.3, -0.25) is 0 Å². The van der Waals surface area contributed by atoms with Gasteiger partial charge >= 0.3 is 0 Å². The molecule has 0 N–H and O–H groups in total. The molecular formula is C30H42N2O. The number of hydrogen-bond acceptors (Lipinski definition) is 3. The van der Waals surface area contributed by atoms with Gasteiger partial charge in [0.2, 0.25) is 0 Å². The number of benzene rings is 1. The van der Waals surface area contributed by atoms with Gasteiger partial charge in [0.15, 0.2) is 5.82 Å². The van der Waals surface area contributed by atoms with Gasteiger partial charge in [0.05, 0.1) is 6.61 Å². The van der Waals surface area contributed by atoms with Gasteiger partial charge in [-0.1, -0.05) is 64.7 Å². The van der Waals surface area contributed by atoms with Crippen molar-refractivity contribution in [2.24, 2.45) is 11.3 Å². The van der Waals surface area contributed by atoms with Crippen LogP contribution in [-0.4, -0.2) is 16.6 Å². The van der Waals surface area contributed by atoms with Crippen LogP contribution in [0, 0.1) is 11.3 Å². The van der Waals surface area contributed by atoms with Gasteiger partial charge < -0.3 is 4.74 Å². The summed E-state index contributed by atoms with van der Waals surface area (Å²) in [4.78, 5) is 9.47. The Morgan fingerprint density at radius 3 is 2.24 bits per heavy atom. The molecule has 4 saturated carbocycles. The first-order chi connectivity index (χ1) is 16.2. The largest absolute Gasteiger partial charge is 0.494 e. The van der Waals surface area contributed by atoms with Crippen LogP contribution in [0.2, 0.25) is 0 Å². The van der Waals surface area contributed by atoms with E-state index in [2.05, 4.69) is 43.6 Å². The molecule has 0 aliphatic heterocycles. The van der Waals surface area contributed by atoms with Crippen LogP contribution in [0.3, 0.4) is 0 Å². The lowest BCUT2D eigenvalue weighted by molar-refractivity contribution is -0.147. The van der Waals surface area contributed by atoms with Crippen LogP contribution in [0.15, 0.2) is 36.7 Å². The molecule has 0 atom stereocenters. The third-order valence-corrected chi connectivity index (χ3v) is 8.55. The highest BCUT2D eigenvalue weighted by Crippen LogP contribution is 2.75. The van der Waals surface area contributed by atoms with E-state index in [0.29, 0.717) is 10.8 Å². The molecule has 2 bridgehead atoms. The Balaban J connectivity index is 1.04. The van der Waals surface area contributed by atoms with E-state index in [1.807, 2.05) is 0 Å². The summed E-state index contributed by atoms with van der Waals surface area (Å²) in [5, 5.41) is 0. The zero-order chi connectivity index (χ0) is 22.6. The fourth-order valence-electron chi connectivity index (χ4n) is 6.43. The van der Waals surface area contributed by atoms with E-state index < -0.39 is 0 Å². The molecular weight excluding hydrogens is 404 g/mol. The smallest absolute Gasteiger partial charge is 0.159 e. The maximum Gasteiger partial charge on any atom is 0.159 e. The maximum atomic E-state index is 5.91. The van der Waals surface area contributed by atoms with Crippen molar-refractivity contribution in [3.63, 3.8) is 0 Å². The van der Waals surface area contributed by atoms with Gasteiger partial charge in [-0.25, -0.2) is 9.97 Å². The van der Waals surface area contributed by atoms with E-state index in [1.165, 1.54) is 95.5 Å². The number of aromatic nitrogens is 2. The zero-order valence-corrected chi connectivity index (χ0v) is 20.7. The molecule has 4 fully saturated rings. The lowest BCUT2D eigenvalue weighted by Gasteiger charge is -2.71. The molecule has 6 rings (SSSR count). The summed E-state index contributed by atoms with van der Waals surface area (Å²) in [6, 6.07) is 8.29. The van der Waals surface area contributed by atoms with Crippen LogP contribution in [0.4, 0.5) is 0 Å². The summed E-state index contributed by atoms with van der Waals surface area (Å²) in [5.74, 6) is 2.80. The second-order valence-electron chi connectivity index (χ2n) is 11.4. The van der Waals surface area contributed by atoms with E-state index >= 15 is 0 Å². The maximum absolute atomic E-state index is 5.91. The minimum absolute atomic E-state index is 0.401. The van der Waals surface area contributed by atoms with Crippen molar-refractivity contribution in [2.45, 2.75) is 109 Å². The van der Waals surface area contributed by atoms with E-state index in [9.17, 15) is 0 Å². The topological polar surface area (TPSA) is 35.0 Å². The molecule has 178 valence electrons. The van der Waals surface area contributed by atoms with E-state index in [4.69, 9.17) is 14.7 Å². The number of ether oxygens (including phenoxy) is 1. The fraction of sp³-hybridized carbons (Fsp3) is 0.667. The Morgan fingerprint density at radius 1 is 0.848 bits per heavy atom. The van der Waals surface area contributed by atoms with Gasteiger partial charge in [0.1, 0.15) is 5.75 Å². The second kappa shape index (κ2) is 10.2. The van der Waals surface area contributed by atoms with Crippen LogP contribution < -0.4 is 4.74 Å². The van der Waals surface area contributed by atoms with Crippen molar-refractivity contribution in [3.8, 4) is 17.1 Å². The number of rotatable bonds is 15. The van der Waals surface area contributed by atoms with Crippen LogP contribution in [0.25, 0.3) is 11.4 Å². The molecule has 4 aliphatic carbocycles. The lowest BCUT2D eigenvalue weighted by atomic mass is 9.33. The average Bonchev–Trinajstić information content (AvgIpc) is 3.61. The van der Waals surface area contributed by atoms with E-state index in [-0.39, 0.29) is 0 Å². The molecule has 33 heavy (non-hydrogen) atoms. The zero-order valence-electron chi connectivity index (χ0n) is 20.7. The first kappa shape index (κ1) is 22.9. The predicted molar refractivity (Wildman–Crippen MR) is 135 cm³/mol. The van der Waals surface area contributed by atoms with Crippen LogP contribution in [0.1, 0.15) is 109 Å². The van der Waals surface area contributed by atoms with Crippen molar-refractivity contribution < 1.29 is 4.74 Å². The van der Waals surface area contributed by atoms with Gasteiger partial charge in [0, 0.05) is 18.0 Å². The molecule has 1 aromatic carbocycles. The summed E-state index contributed by atoms with van der Waals surface area (Å²) < 4.78 is 5.91. The molecule has 4 aliphatic rings. The molecule has 3 heteroatoms. The molecule has 0 saturated heterocycles. The third-order valence-electron chi connectivity index (χ3n) is 8.55. The van der Waals surface area contributed by atoms with E-state index in [1.54, 1.807) is 0 Å². The van der Waals surface area contributed by atoms with Crippen LogP contribution in [0.5, 0.6) is 5.75 Å². The highest BCUT2D eigenvalue weighted by Gasteiger charge is 2.67. The highest BCUT2D eigenvalue weighted by atomic mass is 16.5. The minimum Gasteiger partial charge on any atom is -0.494 e. The molecule has 1 aromatic heterocycles. The Morgan fingerprint density at radius 2 is 1.55 bits per heavy atom. The van der Waals surface area contributed by atoms with Gasteiger partial charge in [-0.2, -0.15) is 0 Å². The minimum atomic E-state index is 0.401. The summed E-state index contributed by atoms with van der Waals surface area (Å²) in [7, 11) is 0. The fourth-order valence-corrected chi connectivity index (χ4v) is 6.43. The predicted octanol–water partition coefficient (Wildman–Crippen LogP) is 8.28. The Kier molecular flexibility index (Phi) is 7.04.